The van der Waals surface area contributed by atoms with Crippen LogP contribution in [-0.2, 0) is 25.6 Å². The molecule has 0 bridgehead atoms. The monoisotopic (exact) mass is 392 g/mol. The molecule has 154 valence electrons. The fourth-order valence-corrected chi connectivity index (χ4v) is 2.49. The summed E-state index contributed by atoms with van der Waals surface area (Å²) in [6, 6.07) is 6.88. The summed E-state index contributed by atoms with van der Waals surface area (Å²) >= 11 is 0. The van der Waals surface area contributed by atoms with E-state index in [1.54, 1.807) is 31.2 Å². The van der Waals surface area contributed by atoms with Crippen LogP contribution in [0.2, 0.25) is 0 Å². The van der Waals surface area contributed by atoms with Gasteiger partial charge in [0, 0.05) is 6.42 Å². The zero-order chi connectivity index (χ0) is 21.1. The lowest BCUT2D eigenvalue weighted by Crippen LogP contribution is -2.55. The van der Waals surface area contributed by atoms with Crippen molar-refractivity contribution in [2.24, 2.45) is 11.7 Å². The predicted octanol–water partition coefficient (Wildman–Crippen LogP) is -0.596. The normalized spacial score (nSPS) is 13.7. The van der Waals surface area contributed by atoms with Gasteiger partial charge in [-0.3, -0.25) is 14.4 Å². The molecule has 0 saturated heterocycles. The molecule has 0 heterocycles. The highest BCUT2D eigenvalue weighted by molar-refractivity contribution is 5.92. The SMILES string of the molecule is CCC(C)C(NC(=O)CNC(=O)CN)C(=O)NC(Cc1ccccc1)C(=O)O. The number of rotatable bonds is 11. The molecule has 0 aliphatic heterocycles. The number of carbonyl (C=O) groups is 4. The van der Waals surface area contributed by atoms with Crippen molar-refractivity contribution in [3.05, 3.63) is 35.9 Å². The number of nitrogens with two attached hydrogens (primary N) is 1. The van der Waals surface area contributed by atoms with Crippen molar-refractivity contribution < 1.29 is 24.3 Å². The molecule has 9 heteroatoms. The lowest BCUT2D eigenvalue weighted by Gasteiger charge is -2.25. The molecule has 9 nitrogen and oxygen atoms in total. The second kappa shape index (κ2) is 11.7. The average molecular weight is 392 g/mol. The summed E-state index contributed by atoms with van der Waals surface area (Å²) in [6.45, 7) is 3.06. The molecule has 3 unspecified atom stereocenters. The van der Waals surface area contributed by atoms with Gasteiger partial charge in [0.05, 0.1) is 13.1 Å². The minimum absolute atomic E-state index is 0.121. The van der Waals surface area contributed by atoms with Crippen LogP contribution in [0, 0.1) is 5.92 Å². The minimum Gasteiger partial charge on any atom is -0.480 e. The van der Waals surface area contributed by atoms with Crippen molar-refractivity contribution in [1.29, 1.82) is 0 Å². The van der Waals surface area contributed by atoms with Crippen LogP contribution in [0.5, 0.6) is 0 Å². The summed E-state index contributed by atoms with van der Waals surface area (Å²) in [7, 11) is 0. The third-order valence-corrected chi connectivity index (χ3v) is 4.34. The molecule has 0 fully saturated rings. The highest BCUT2D eigenvalue weighted by Crippen LogP contribution is 2.10. The molecular weight excluding hydrogens is 364 g/mol. The molecule has 1 aromatic carbocycles. The second-order valence-corrected chi connectivity index (χ2v) is 6.50. The van der Waals surface area contributed by atoms with Crippen LogP contribution in [0.4, 0.5) is 0 Å². The van der Waals surface area contributed by atoms with E-state index in [1.807, 2.05) is 13.0 Å². The van der Waals surface area contributed by atoms with Gasteiger partial charge in [0.2, 0.25) is 17.7 Å². The Kier molecular flexibility index (Phi) is 9.66. The van der Waals surface area contributed by atoms with Gasteiger partial charge >= 0.3 is 5.97 Å². The van der Waals surface area contributed by atoms with Crippen LogP contribution in [-0.4, -0.2) is 54.0 Å². The highest BCUT2D eigenvalue weighted by Gasteiger charge is 2.29. The van der Waals surface area contributed by atoms with Crippen LogP contribution in [0.25, 0.3) is 0 Å². The maximum atomic E-state index is 12.7. The number of benzene rings is 1. The second-order valence-electron chi connectivity index (χ2n) is 6.50. The van der Waals surface area contributed by atoms with Gasteiger partial charge in [-0.1, -0.05) is 50.6 Å². The standard InChI is InChI=1S/C19H28N4O5/c1-3-12(2)17(23-16(25)11-21-15(24)10-20)18(26)22-14(19(27)28)9-13-7-5-4-6-8-13/h4-8,12,14,17H,3,9-11,20H2,1-2H3,(H,21,24)(H,22,26)(H,23,25)(H,27,28). The third kappa shape index (κ3) is 7.75. The zero-order valence-electron chi connectivity index (χ0n) is 16.1. The Morgan fingerprint density at radius 3 is 2.25 bits per heavy atom. The van der Waals surface area contributed by atoms with Crippen molar-refractivity contribution >= 4 is 23.7 Å². The van der Waals surface area contributed by atoms with Gasteiger partial charge in [-0.15, -0.1) is 0 Å². The van der Waals surface area contributed by atoms with Gasteiger partial charge < -0.3 is 26.8 Å². The largest absolute Gasteiger partial charge is 0.480 e. The van der Waals surface area contributed by atoms with E-state index in [4.69, 9.17) is 5.73 Å². The van der Waals surface area contributed by atoms with Gasteiger partial charge in [0.25, 0.3) is 0 Å². The number of aliphatic carboxylic acids is 1. The molecule has 0 aromatic heterocycles. The first-order chi connectivity index (χ1) is 13.3. The van der Waals surface area contributed by atoms with E-state index in [9.17, 15) is 24.3 Å². The first-order valence-corrected chi connectivity index (χ1v) is 9.11. The van der Waals surface area contributed by atoms with Gasteiger partial charge in [-0.25, -0.2) is 4.79 Å². The Balaban J connectivity index is 2.79. The molecule has 6 N–H and O–H groups in total. The Bertz CT molecular complexity index is 680. The summed E-state index contributed by atoms with van der Waals surface area (Å²) in [5, 5.41) is 16.8. The Morgan fingerprint density at radius 2 is 1.71 bits per heavy atom. The summed E-state index contributed by atoms with van der Waals surface area (Å²) in [4.78, 5) is 47.5. The van der Waals surface area contributed by atoms with E-state index in [0.717, 1.165) is 5.56 Å². The van der Waals surface area contributed by atoms with Gasteiger partial charge in [-0.05, 0) is 11.5 Å². The summed E-state index contributed by atoms with van der Waals surface area (Å²) in [5.74, 6) is -3.04. The summed E-state index contributed by atoms with van der Waals surface area (Å²) < 4.78 is 0. The number of nitrogens with one attached hydrogen (secondary N) is 3. The van der Waals surface area contributed by atoms with E-state index in [0.29, 0.717) is 6.42 Å². The van der Waals surface area contributed by atoms with Gasteiger partial charge in [-0.2, -0.15) is 0 Å². The number of hydrogen-bond acceptors (Lipinski definition) is 5. The van der Waals surface area contributed by atoms with E-state index >= 15 is 0 Å². The minimum atomic E-state index is -1.17. The molecule has 0 aliphatic rings. The number of carbonyl (C=O) groups excluding carboxylic acids is 3. The highest BCUT2D eigenvalue weighted by atomic mass is 16.4. The molecular formula is C19H28N4O5. The lowest BCUT2D eigenvalue weighted by molar-refractivity contribution is -0.142. The topological polar surface area (TPSA) is 151 Å². The molecule has 0 radical (unpaired) electrons. The molecule has 0 aliphatic carbocycles. The number of hydrogen-bond donors (Lipinski definition) is 5. The fraction of sp³-hybridized carbons (Fsp3) is 0.474. The number of carboxylic acids is 1. The molecule has 3 amide bonds. The molecule has 1 rings (SSSR count). The van der Waals surface area contributed by atoms with E-state index in [2.05, 4.69) is 16.0 Å². The molecule has 0 spiro atoms. The number of carboxylic acid groups (broad SMARTS) is 1. The third-order valence-electron chi connectivity index (χ3n) is 4.34. The van der Waals surface area contributed by atoms with Crippen molar-refractivity contribution in [3.63, 3.8) is 0 Å². The van der Waals surface area contributed by atoms with Gasteiger partial charge in [0.1, 0.15) is 12.1 Å². The van der Waals surface area contributed by atoms with Crippen molar-refractivity contribution in [1.82, 2.24) is 16.0 Å². The molecule has 1 aromatic rings. The quantitative estimate of drug-likeness (QED) is 0.339. The van der Waals surface area contributed by atoms with Gasteiger partial charge in [0.15, 0.2) is 0 Å². The molecule has 0 saturated carbocycles. The average Bonchev–Trinajstić information content (AvgIpc) is 2.69. The van der Waals surface area contributed by atoms with E-state index < -0.39 is 35.8 Å². The first-order valence-electron chi connectivity index (χ1n) is 9.11. The van der Waals surface area contributed by atoms with Crippen LogP contribution in [0.15, 0.2) is 30.3 Å². The van der Waals surface area contributed by atoms with Crippen LogP contribution in [0.3, 0.4) is 0 Å². The first kappa shape index (κ1) is 23.1. The Hall–Kier alpha value is -2.94. The van der Waals surface area contributed by atoms with Crippen molar-refractivity contribution in [2.45, 2.75) is 38.8 Å². The molecule has 28 heavy (non-hydrogen) atoms. The fourth-order valence-electron chi connectivity index (χ4n) is 2.49. The summed E-state index contributed by atoms with van der Waals surface area (Å²) in [5.41, 5.74) is 5.93. The maximum Gasteiger partial charge on any atom is 0.326 e. The van der Waals surface area contributed by atoms with E-state index in [1.165, 1.54) is 0 Å². The Labute approximate surface area is 164 Å². The predicted molar refractivity (Wildman–Crippen MR) is 103 cm³/mol. The Morgan fingerprint density at radius 1 is 1.07 bits per heavy atom. The smallest absolute Gasteiger partial charge is 0.326 e. The van der Waals surface area contributed by atoms with Crippen LogP contribution >= 0.6 is 0 Å². The lowest BCUT2D eigenvalue weighted by atomic mass is 9.97. The number of amides is 3. The maximum absolute atomic E-state index is 12.7. The van der Waals surface area contributed by atoms with Crippen LogP contribution in [0.1, 0.15) is 25.8 Å². The van der Waals surface area contributed by atoms with E-state index in [-0.39, 0.29) is 25.4 Å². The van der Waals surface area contributed by atoms with Crippen molar-refractivity contribution in [3.8, 4) is 0 Å². The summed E-state index contributed by atoms with van der Waals surface area (Å²) in [6.07, 6.45) is 0.708. The molecule has 3 atom stereocenters. The van der Waals surface area contributed by atoms with Crippen molar-refractivity contribution in [2.75, 3.05) is 13.1 Å². The van der Waals surface area contributed by atoms with Crippen LogP contribution < -0.4 is 21.7 Å². The zero-order valence-corrected chi connectivity index (χ0v) is 16.1.